The number of thiol groups is 1. The second-order valence-electron chi connectivity index (χ2n) is 33.8. The number of rotatable bonds is 31. The fourth-order valence-corrected chi connectivity index (χ4v) is 7.68. The van der Waals surface area contributed by atoms with Crippen LogP contribution >= 0.6 is 12.6 Å². The first kappa shape index (κ1) is 118. The van der Waals surface area contributed by atoms with E-state index >= 15 is 0 Å². The topological polar surface area (TPSA) is 417 Å². The highest BCUT2D eigenvalue weighted by molar-refractivity contribution is 7.80. The van der Waals surface area contributed by atoms with Crippen LogP contribution in [0.15, 0.2) is 70.9 Å². The third-order valence-corrected chi connectivity index (χ3v) is 14.3. The highest BCUT2D eigenvalue weighted by Gasteiger charge is 2.30. The number of aliphatic hydroxyl groups excluding tert-OH is 1. The number of amides is 1. The fourth-order valence-electron chi connectivity index (χ4n) is 7.42. The third-order valence-electron chi connectivity index (χ3n) is 13.9. The number of nitrogens with one attached hydrogen (secondary N) is 3. The summed E-state index contributed by atoms with van der Waals surface area (Å²) < 4.78 is 4.34. The zero-order chi connectivity index (χ0) is 84.9. The summed E-state index contributed by atoms with van der Waals surface area (Å²) in [5, 5.41) is 18.0. The van der Waals surface area contributed by atoms with Crippen LogP contribution in [-0.4, -0.2) is 143 Å². The van der Waals surface area contributed by atoms with E-state index in [1.54, 1.807) is 20.8 Å². The lowest BCUT2D eigenvalue weighted by molar-refractivity contribution is -0.135. The van der Waals surface area contributed by atoms with Crippen LogP contribution in [0, 0.1) is 38.4 Å². The maximum Gasteiger partial charge on any atom is 0.330 e. The van der Waals surface area contributed by atoms with Crippen molar-refractivity contribution < 1.29 is 57.8 Å². The zero-order valence-corrected chi connectivity index (χ0v) is 72.5. The molecule has 0 rings (SSSR count). The number of carbonyl (C=O) groups excluding carboxylic acids is 10. The van der Waals surface area contributed by atoms with Crippen molar-refractivity contribution in [1.82, 2.24) is 16.0 Å². The summed E-state index contributed by atoms with van der Waals surface area (Å²) in [6, 6.07) is -1.52. The zero-order valence-electron chi connectivity index (χ0n) is 71.6. The highest BCUT2D eigenvalue weighted by Crippen LogP contribution is 2.26. The molecule has 4 atom stereocenters. The van der Waals surface area contributed by atoms with E-state index in [2.05, 4.69) is 96.7 Å². The first-order chi connectivity index (χ1) is 47.2. The number of guanidine groups is 2. The Hall–Kier alpha value is -6.47. The minimum absolute atomic E-state index is 0. The summed E-state index contributed by atoms with van der Waals surface area (Å²) in [5.74, 6) is 0.946. The summed E-state index contributed by atoms with van der Waals surface area (Å²) >= 11 is 4.03. The van der Waals surface area contributed by atoms with E-state index in [4.69, 9.17) is 39.5 Å². The molecule has 0 heterocycles. The highest BCUT2D eigenvalue weighted by atomic mass is 32.1. The fraction of sp³-hybridized carbons (Fsp3) is 0.732. The van der Waals surface area contributed by atoms with Crippen LogP contribution in [0.1, 0.15) is 286 Å². The molecular formula is C82H159N11O12S. The number of nitrogens with zero attached hydrogens (tertiary/aromatic N) is 2. The van der Waals surface area contributed by atoms with Gasteiger partial charge in [0.05, 0.1) is 31.3 Å². The lowest BCUT2D eigenvalue weighted by Crippen LogP contribution is -2.46. The molecule has 0 fully saturated rings. The van der Waals surface area contributed by atoms with Crippen LogP contribution in [0.3, 0.4) is 0 Å². The molecule has 24 heteroatoms. The molecule has 0 spiro atoms. The normalized spacial score (nSPS) is 13.0. The Morgan fingerprint density at radius 1 is 0.538 bits per heavy atom. The van der Waals surface area contributed by atoms with Crippen molar-refractivity contribution in [3.05, 3.63) is 60.9 Å². The Balaban J connectivity index is -0.000000145. The van der Waals surface area contributed by atoms with E-state index in [1.165, 1.54) is 46.1 Å². The predicted molar refractivity (Wildman–Crippen MR) is 450 cm³/mol. The van der Waals surface area contributed by atoms with Gasteiger partial charge >= 0.3 is 5.97 Å². The van der Waals surface area contributed by atoms with Gasteiger partial charge in [-0.3, -0.25) is 53.1 Å². The predicted octanol–water partition coefficient (Wildman–Crippen LogP) is 13.6. The second-order valence-corrected chi connectivity index (χ2v) is 34.1. The van der Waals surface area contributed by atoms with Gasteiger partial charge in [0.1, 0.15) is 23.1 Å². The number of ketones is 8. The van der Waals surface area contributed by atoms with Gasteiger partial charge < -0.3 is 60.2 Å². The molecule has 0 aromatic rings. The molecule has 1 amide bonds. The Kier molecular flexibility index (Phi) is 67.2. The smallest absolute Gasteiger partial charge is 0.330 e. The molecule has 0 unspecified atom stereocenters. The molecule has 0 aromatic carbocycles. The Labute approximate surface area is 650 Å². The lowest BCUT2D eigenvalue weighted by atomic mass is 9.79. The van der Waals surface area contributed by atoms with Crippen LogP contribution in [0.2, 0.25) is 0 Å². The number of nitrogens with two attached hydrogens (primary N) is 6. The van der Waals surface area contributed by atoms with Crippen molar-refractivity contribution in [3.63, 3.8) is 0 Å². The summed E-state index contributed by atoms with van der Waals surface area (Å²) in [4.78, 5) is 119. The van der Waals surface area contributed by atoms with Crippen LogP contribution in [0.5, 0.6) is 0 Å². The minimum atomic E-state index is -0.507. The molecule has 0 aliphatic heterocycles. The maximum absolute atomic E-state index is 11.7. The molecule has 23 nitrogen and oxygen atoms in total. The Morgan fingerprint density at radius 3 is 1.30 bits per heavy atom. The van der Waals surface area contributed by atoms with Gasteiger partial charge in [-0.1, -0.05) is 190 Å². The van der Waals surface area contributed by atoms with Crippen LogP contribution in [-0.2, 0) is 52.7 Å². The van der Waals surface area contributed by atoms with Crippen molar-refractivity contribution in [2.24, 2.45) is 82.8 Å². The van der Waals surface area contributed by atoms with Gasteiger partial charge in [0.2, 0.25) is 5.91 Å². The molecule has 0 radical (unpaired) electrons. The van der Waals surface area contributed by atoms with Gasteiger partial charge in [-0.2, -0.15) is 12.6 Å². The Morgan fingerprint density at radius 2 is 0.962 bits per heavy atom. The van der Waals surface area contributed by atoms with Crippen molar-refractivity contribution >= 4 is 82.7 Å². The number of hydrogen-bond acceptors (Lipinski definition) is 19. The first-order valence-corrected chi connectivity index (χ1v) is 37.2. The van der Waals surface area contributed by atoms with Crippen LogP contribution < -0.4 is 50.4 Å². The largest absolute Gasteiger partial charge is 0.511 e. The van der Waals surface area contributed by atoms with Gasteiger partial charge in [0.15, 0.2) is 40.8 Å². The van der Waals surface area contributed by atoms with E-state index in [1.807, 2.05) is 144 Å². The van der Waals surface area contributed by atoms with Gasteiger partial charge in [0, 0.05) is 87.7 Å². The molecule has 0 aromatic heterocycles. The maximum atomic E-state index is 11.7. The SMILES string of the molecule is C.C=C(O)[C@@H](N)CCCCNC(C)(C)C.CC(=O)/C=C/C(=O)C(C)(C)C.CC(=O)N[C@@H](CS)C(=O)C(C)(C)C.CC(=O)[C@@H](N)CCCN=C(N)NC(C)(C)C.CC(C)(C)C(=O)[C@@H](N)CCCN=C(N)N.CC/C=C\CC(=O)C(C)(C)C.CC/C=C\CC(C)(C)C(=O)C(C)C.COC(=O)/C=C/C(=O)C(C)(C)C. The van der Waals surface area contributed by atoms with Gasteiger partial charge in [-0.15, -0.1) is 0 Å². The number of carbonyl (C=O) groups is 10. The number of hydrogen-bond donors (Lipinski definition) is 11. The average Bonchev–Trinajstić information content (AvgIpc) is 0.883. The summed E-state index contributed by atoms with van der Waals surface area (Å²) in [6.07, 6.45) is 22.4. The summed E-state index contributed by atoms with van der Waals surface area (Å²) in [6.45, 7) is 62.2. The van der Waals surface area contributed by atoms with E-state index < -0.39 is 28.9 Å². The number of allylic oxidation sites excluding steroid dienone is 7. The van der Waals surface area contributed by atoms with E-state index in [0.29, 0.717) is 55.6 Å². The summed E-state index contributed by atoms with van der Waals surface area (Å²) in [7, 11) is 1.27. The molecule has 0 saturated heterocycles. The number of Topliss-reactive ketones (excluding diaryl/α,β-unsaturated/α-hetero) is 5. The number of aliphatic hydroxyl groups is 1. The van der Waals surface area contributed by atoms with Gasteiger partial charge in [0.25, 0.3) is 0 Å². The number of esters is 1. The molecular weight excluding hydrogens is 1360 g/mol. The van der Waals surface area contributed by atoms with E-state index in [-0.39, 0.29) is 110 Å². The molecule has 16 N–H and O–H groups in total. The number of ether oxygens (including phenoxy) is 1. The Bertz CT molecular complexity index is 2730. The average molecular weight is 1520 g/mol. The number of aliphatic imine (C=N–C) groups is 2. The molecule has 620 valence electrons. The molecule has 0 aliphatic rings. The lowest BCUT2D eigenvalue weighted by Gasteiger charge is -2.23. The standard InChI is InChI=1S/C12H22O.C11H24N4O.C11H24N2O.C10H22N4O.C10H18O.C9H17NO2S.C9H14O3.C9H14O2.CH4/c1-6-7-8-9-12(4,5)11(13)10(2)3;1-8(16)9(12)6-5-7-14-10(13)15-11(2,3)4;1-9(14)10(12)7-5-6-8-13-11(2,3)4;1-10(2,3)8(15)7(11)5-4-6-14-9(12)13;1-5-6-7-8-9(11)10(2,3)4;1-6(11)10-7(5-13)8(12)9(2,3)4;1-9(2,3)7(10)5-6-8(11)12-4;1-7(10)5-6-8(11)9(2,3)4;/h7-8,10H,6,9H2,1-5H3;9H,5-7,12H2,1-4H3,(H3,13,14,15);10,13-14H,1,5-8,12H2,2-4H3;7H,4-6,11H2,1-3H3,(H4,12,13,14);6-7H,5,8H2,1-4H3;7,13H,5H2,1-4H3,(H,10,11);5-6H,1-4H3;5-6H,1-4H3;1H4/b8-7-;;;;7-6-;;2*6-5+;/t;9-;10-;7-;;7-;;;/m.000.0.../s1. The molecule has 106 heavy (non-hydrogen) atoms. The van der Waals surface area contributed by atoms with Crippen LogP contribution in [0.25, 0.3) is 0 Å². The van der Waals surface area contributed by atoms with Crippen molar-refractivity contribution in [2.75, 3.05) is 32.5 Å². The van der Waals surface area contributed by atoms with Crippen LogP contribution in [0.4, 0.5) is 0 Å². The van der Waals surface area contributed by atoms with E-state index in [0.717, 1.165) is 64.0 Å². The van der Waals surface area contributed by atoms with Gasteiger partial charge in [-0.05, 0) is 138 Å². The van der Waals surface area contributed by atoms with Crippen molar-refractivity contribution in [1.29, 1.82) is 0 Å². The minimum Gasteiger partial charge on any atom is -0.511 e. The third kappa shape index (κ3) is 80.1. The van der Waals surface area contributed by atoms with Crippen molar-refractivity contribution in [3.8, 4) is 0 Å². The summed E-state index contributed by atoms with van der Waals surface area (Å²) in [5.41, 5.74) is 31.1. The molecule has 0 aliphatic carbocycles. The number of methoxy groups -OCH3 is 1. The molecule has 0 saturated carbocycles. The molecule has 0 bridgehead atoms. The second kappa shape index (κ2) is 60.4. The monoisotopic (exact) mass is 1520 g/mol. The van der Waals surface area contributed by atoms with Crippen molar-refractivity contribution in [2.45, 2.75) is 321 Å². The first-order valence-electron chi connectivity index (χ1n) is 36.6. The van der Waals surface area contributed by atoms with E-state index in [9.17, 15) is 47.9 Å². The quantitative estimate of drug-likeness (QED) is 0.00449. The number of unbranched alkanes of at least 4 members (excludes halogenated alkanes) is 1. The van der Waals surface area contributed by atoms with Gasteiger partial charge in [-0.25, -0.2) is 4.79 Å².